The third kappa shape index (κ3) is 8.65. The Balaban J connectivity index is 1.76. The normalized spacial score (nSPS) is 18.1. The number of alkyl halides is 3. The molecule has 3 unspecified atom stereocenters. The van der Waals surface area contributed by atoms with E-state index in [0.29, 0.717) is 42.4 Å². The third-order valence-corrected chi connectivity index (χ3v) is 7.33. The number of hydrogen-bond donors (Lipinski definition) is 1. The van der Waals surface area contributed by atoms with Crippen LogP contribution in [0.25, 0.3) is 0 Å². The summed E-state index contributed by atoms with van der Waals surface area (Å²) < 4.78 is 52.6. The first-order chi connectivity index (χ1) is 18.4. The summed E-state index contributed by atoms with van der Waals surface area (Å²) in [5.74, 6) is -2.47. The molecule has 3 rings (SSSR count). The van der Waals surface area contributed by atoms with Gasteiger partial charge in [0.05, 0.1) is 6.04 Å². The molecule has 1 saturated heterocycles. The van der Waals surface area contributed by atoms with Crippen molar-refractivity contribution in [3.63, 3.8) is 0 Å². The van der Waals surface area contributed by atoms with Gasteiger partial charge in [-0.3, -0.25) is 14.5 Å². The monoisotopic (exact) mass is 570 g/mol. The van der Waals surface area contributed by atoms with Gasteiger partial charge in [0.1, 0.15) is 5.82 Å². The molecule has 1 fully saturated rings. The minimum atomic E-state index is -4.96. The van der Waals surface area contributed by atoms with Crippen molar-refractivity contribution in [1.29, 1.82) is 0 Å². The standard InChI is InChI=1S/C28H35ClF4N4O2/c1-3-4-23-18-36(13-14-37(23)26(38)25(34)16-20-7-11-22(30)12-8-20)24(15-19-5-9-21(29)10-6-19)17-35(2)27(39)28(31,32)33/h5-12,23-25H,3-4,13-18,34H2,1-2H3. The Hall–Kier alpha value is -2.69. The Morgan fingerprint density at radius 2 is 1.64 bits per heavy atom. The van der Waals surface area contributed by atoms with E-state index >= 15 is 0 Å². The SMILES string of the molecule is CCCC1CN(C(Cc2ccc(Cl)cc2)CN(C)C(=O)C(F)(F)F)CCN1C(=O)C(N)Cc1ccc(F)cc1. The number of carbonyl (C=O) groups excluding carboxylic acids is 2. The lowest BCUT2D eigenvalue weighted by Crippen LogP contribution is -2.62. The van der Waals surface area contributed by atoms with E-state index in [1.165, 1.54) is 12.1 Å². The molecule has 0 radical (unpaired) electrons. The number of benzene rings is 2. The molecule has 2 N–H and O–H groups in total. The second kappa shape index (κ2) is 13.6. The van der Waals surface area contributed by atoms with Crippen LogP contribution in [0.4, 0.5) is 17.6 Å². The molecule has 2 aromatic rings. The fourth-order valence-electron chi connectivity index (χ4n) is 5.07. The average Bonchev–Trinajstić information content (AvgIpc) is 2.89. The summed E-state index contributed by atoms with van der Waals surface area (Å²) in [5, 5.41) is 0.548. The van der Waals surface area contributed by atoms with Gasteiger partial charge in [-0.05, 0) is 54.7 Å². The van der Waals surface area contributed by atoms with Crippen LogP contribution in [-0.4, -0.2) is 84.0 Å². The minimum absolute atomic E-state index is 0.127. The Bertz CT molecular complexity index is 1100. The van der Waals surface area contributed by atoms with E-state index in [1.54, 1.807) is 29.2 Å². The zero-order valence-corrected chi connectivity index (χ0v) is 22.9. The highest BCUT2D eigenvalue weighted by Crippen LogP contribution is 2.23. The molecule has 3 atom stereocenters. The van der Waals surface area contributed by atoms with Crippen LogP contribution in [0.15, 0.2) is 48.5 Å². The van der Waals surface area contributed by atoms with Gasteiger partial charge in [-0.25, -0.2) is 4.39 Å². The van der Waals surface area contributed by atoms with E-state index in [-0.39, 0.29) is 30.7 Å². The van der Waals surface area contributed by atoms with Crippen LogP contribution < -0.4 is 5.73 Å². The molecule has 1 aliphatic heterocycles. The zero-order valence-electron chi connectivity index (χ0n) is 22.1. The van der Waals surface area contributed by atoms with Crippen molar-refractivity contribution in [3.05, 3.63) is 70.5 Å². The lowest BCUT2D eigenvalue weighted by Gasteiger charge is -2.46. The second-order valence-corrected chi connectivity index (χ2v) is 10.5. The maximum atomic E-state index is 13.3. The highest BCUT2D eigenvalue weighted by Gasteiger charge is 2.42. The number of halogens is 5. The molecular weight excluding hydrogens is 536 g/mol. The van der Waals surface area contributed by atoms with Crippen LogP contribution in [0.5, 0.6) is 0 Å². The molecule has 2 aromatic carbocycles. The van der Waals surface area contributed by atoms with Gasteiger partial charge in [0, 0.05) is 50.3 Å². The largest absolute Gasteiger partial charge is 0.471 e. The van der Waals surface area contributed by atoms with Crippen LogP contribution in [0, 0.1) is 5.82 Å². The van der Waals surface area contributed by atoms with Gasteiger partial charge in [0.15, 0.2) is 0 Å². The molecule has 39 heavy (non-hydrogen) atoms. The summed E-state index contributed by atoms with van der Waals surface area (Å²) in [7, 11) is 1.16. The maximum Gasteiger partial charge on any atom is 0.471 e. The van der Waals surface area contributed by atoms with E-state index in [0.717, 1.165) is 24.6 Å². The quantitative estimate of drug-likeness (QED) is 0.433. The smallest absolute Gasteiger partial charge is 0.336 e. The Morgan fingerprint density at radius 3 is 2.23 bits per heavy atom. The number of rotatable bonds is 10. The summed E-state index contributed by atoms with van der Waals surface area (Å²) in [6.45, 7) is 3.09. The maximum absolute atomic E-state index is 13.3. The summed E-state index contributed by atoms with van der Waals surface area (Å²) in [6.07, 6.45) is -2.80. The van der Waals surface area contributed by atoms with E-state index < -0.39 is 24.2 Å². The molecule has 1 heterocycles. The van der Waals surface area contributed by atoms with E-state index in [2.05, 4.69) is 4.90 Å². The Kier molecular flexibility index (Phi) is 10.7. The summed E-state index contributed by atoms with van der Waals surface area (Å²) in [4.78, 5) is 29.8. The van der Waals surface area contributed by atoms with Gasteiger partial charge >= 0.3 is 12.1 Å². The van der Waals surface area contributed by atoms with Crippen molar-refractivity contribution in [1.82, 2.24) is 14.7 Å². The van der Waals surface area contributed by atoms with Gasteiger partial charge in [0.2, 0.25) is 5.91 Å². The first-order valence-corrected chi connectivity index (χ1v) is 13.4. The lowest BCUT2D eigenvalue weighted by atomic mass is 9.98. The molecule has 0 spiro atoms. The van der Waals surface area contributed by atoms with Crippen molar-refractivity contribution < 1.29 is 27.2 Å². The van der Waals surface area contributed by atoms with Gasteiger partial charge in [-0.15, -0.1) is 0 Å². The Morgan fingerprint density at radius 1 is 1.05 bits per heavy atom. The van der Waals surface area contributed by atoms with Crippen LogP contribution in [0.1, 0.15) is 30.9 Å². The molecule has 0 bridgehead atoms. The van der Waals surface area contributed by atoms with Crippen molar-refractivity contribution in [2.75, 3.05) is 33.2 Å². The van der Waals surface area contributed by atoms with Crippen LogP contribution in [0.3, 0.4) is 0 Å². The van der Waals surface area contributed by atoms with Crippen molar-refractivity contribution in [3.8, 4) is 0 Å². The van der Waals surface area contributed by atoms with Crippen LogP contribution in [0.2, 0.25) is 5.02 Å². The molecule has 1 aliphatic rings. The van der Waals surface area contributed by atoms with Crippen LogP contribution in [-0.2, 0) is 22.4 Å². The predicted octanol–water partition coefficient (Wildman–Crippen LogP) is 4.29. The molecule has 6 nitrogen and oxygen atoms in total. The fraction of sp³-hybridized carbons (Fsp3) is 0.500. The summed E-state index contributed by atoms with van der Waals surface area (Å²) in [5.41, 5.74) is 7.90. The van der Waals surface area contributed by atoms with E-state index in [1.807, 2.05) is 19.1 Å². The number of likely N-dealkylation sites (N-methyl/N-ethyl adjacent to an activating group) is 1. The second-order valence-electron chi connectivity index (χ2n) is 10.1. The molecule has 214 valence electrons. The van der Waals surface area contributed by atoms with Gasteiger partial charge in [0.25, 0.3) is 0 Å². The molecule has 2 amide bonds. The zero-order chi connectivity index (χ0) is 28.7. The highest BCUT2D eigenvalue weighted by molar-refractivity contribution is 6.30. The number of hydrogen-bond acceptors (Lipinski definition) is 4. The first kappa shape index (κ1) is 30.8. The molecular formula is C28H35ClF4N4O2. The number of nitrogens with two attached hydrogens (primary N) is 1. The summed E-state index contributed by atoms with van der Waals surface area (Å²) >= 11 is 6.00. The highest BCUT2D eigenvalue weighted by atomic mass is 35.5. The van der Waals surface area contributed by atoms with Gasteiger partial charge in [-0.2, -0.15) is 13.2 Å². The summed E-state index contributed by atoms with van der Waals surface area (Å²) in [6, 6.07) is 11.5. The van der Waals surface area contributed by atoms with Crippen molar-refractivity contribution in [2.24, 2.45) is 5.73 Å². The third-order valence-electron chi connectivity index (χ3n) is 7.08. The van der Waals surface area contributed by atoms with Crippen molar-refractivity contribution in [2.45, 2.75) is 56.9 Å². The number of nitrogens with zero attached hydrogens (tertiary/aromatic N) is 3. The van der Waals surface area contributed by atoms with Gasteiger partial charge in [-0.1, -0.05) is 49.2 Å². The lowest BCUT2D eigenvalue weighted by molar-refractivity contribution is -0.184. The van der Waals surface area contributed by atoms with Crippen LogP contribution >= 0.6 is 11.6 Å². The number of amides is 2. The molecule has 11 heteroatoms. The van der Waals surface area contributed by atoms with Crippen molar-refractivity contribution >= 4 is 23.4 Å². The average molecular weight is 571 g/mol. The molecule has 0 saturated carbocycles. The minimum Gasteiger partial charge on any atom is -0.336 e. The van der Waals surface area contributed by atoms with E-state index in [9.17, 15) is 27.2 Å². The van der Waals surface area contributed by atoms with Gasteiger partial charge < -0.3 is 15.5 Å². The number of piperazine rings is 1. The molecule has 0 aromatic heterocycles. The Labute approximate surface area is 231 Å². The molecule has 0 aliphatic carbocycles. The van der Waals surface area contributed by atoms with E-state index in [4.69, 9.17) is 17.3 Å². The first-order valence-electron chi connectivity index (χ1n) is 13.0. The topological polar surface area (TPSA) is 69.9 Å². The fourth-order valence-corrected chi connectivity index (χ4v) is 5.20. The predicted molar refractivity (Wildman–Crippen MR) is 143 cm³/mol. The number of carbonyl (C=O) groups is 2.